The Hall–Kier alpha value is -1.65. The van der Waals surface area contributed by atoms with Gasteiger partial charge >= 0.3 is 0 Å². The van der Waals surface area contributed by atoms with Crippen LogP contribution in [0.5, 0.6) is 0 Å². The summed E-state index contributed by atoms with van der Waals surface area (Å²) < 4.78 is 1.09. The Morgan fingerprint density at radius 2 is 1.37 bits per heavy atom. The molecule has 94 valence electrons. The summed E-state index contributed by atoms with van der Waals surface area (Å²) in [6.45, 7) is 0. The lowest BCUT2D eigenvalue weighted by molar-refractivity contribution is 1.41. The summed E-state index contributed by atoms with van der Waals surface area (Å²) in [5, 5.41) is 2.58. The number of hydrogen-bond donors (Lipinski definition) is 1. The molecule has 0 saturated heterocycles. The van der Waals surface area contributed by atoms with Crippen LogP contribution in [-0.2, 0) is 0 Å². The van der Waals surface area contributed by atoms with E-state index in [9.17, 15) is 0 Å². The van der Waals surface area contributed by atoms with Crippen LogP contribution >= 0.6 is 27.3 Å². The van der Waals surface area contributed by atoms with E-state index in [0.717, 1.165) is 15.7 Å². The lowest BCUT2D eigenvalue weighted by atomic mass is 10.0. The number of nitrogens with two attached hydrogens (primary N) is 1. The number of rotatable bonds is 2. The quantitative estimate of drug-likeness (QED) is 0.731. The molecular weight excluding hydrogens is 320 g/mol. The lowest BCUT2D eigenvalue weighted by Crippen LogP contribution is -1.83. The first-order chi connectivity index (χ1) is 9.22. The second-order valence-corrected chi connectivity index (χ2v) is 5.96. The fourth-order valence-electron chi connectivity index (χ4n) is 1.90. The number of halogens is 1. The van der Waals surface area contributed by atoms with Crippen LogP contribution in [0.1, 0.15) is 0 Å². The first-order valence-corrected chi connectivity index (χ1v) is 7.47. The number of nitrogens with zero attached hydrogens (tertiary/aromatic N) is 1. The standard InChI is InChI=1S/C15H11BrN2S/c16-13-7-5-11(6-8-13)10-1-3-12(4-2-10)14-9-19-15(17)18-14/h1-9H,(H2,17,18). The fourth-order valence-corrected chi connectivity index (χ4v) is 2.73. The molecule has 0 unspecified atom stereocenters. The third-order valence-corrected chi connectivity index (χ3v) is 4.08. The van der Waals surface area contributed by atoms with Crippen LogP contribution in [-0.4, -0.2) is 4.98 Å². The molecule has 0 aliphatic carbocycles. The Balaban J connectivity index is 1.92. The summed E-state index contributed by atoms with van der Waals surface area (Å²) in [5.41, 5.74) is 10.1. The summed E-state index contributed by atoms with van der Waals surface area (Å²) >= 11 is 4.91. The molecule has 19 heavy (non-hydrogen) atoms. The predicted molar refractivity (Wildman–Crippen MR) is 85.1 cm³/mol. The van der Waals surface area contributed by atoms with Crippen molar-refractivity contribution in [2.24, 2.45) is 0 Å². The molecule has 1 heterocycles. The van der Waals surface area contributed by atoms with Gasteiger partial charge in [-0.2, -0.15) is 0 Å². The highest BCUT2D eigenvalue weighted by molar-refractivity contribution is 9.10. The Morgan fingerprint density at radius 3 is 1.89 bits per heavy atom. The molecule has 0 fully saturated rings. The molecule has 1 aromatic heterocycles. The summed E-state index contributed by atoms with van der Waals surface area (Å²) in [6.07, 6.45) is 0. The van der Waals surface area contributed by atoms with Crippen LogP contribution < -0.4 is 5.73 Å². The predicted octanol–water partition coefficient (Wildman–Crippen LogP) is 4.82. The minimum Gasteiger partial charge on any atom is -0.375 e. The fraction of sp³-hybridized carbons (Fsp3) is 0. The average molecular weight is 331 g/mol. The molecule has 0 atom stereocenters. The summed E-state index contributed by atoms with van der Waals surface area (Å²) in [4.78, 5) is 4.29. The highest BCUT2D eigenvalue weighted by Crippen LogP contribution is 2.27. The van der Waals surface area contributed by atoms with Gasteiger partial charge in [-0.25, -0.2) is 4.98 Å². The zero-order valence-electron chi connectivity index (χ0n) is 10.0. The number of anilines is 1. The smallest absolute Gasteiger partial charge is 0.180 e. The zero-order valence-corrected chi connectivity index (χ0v) is 12.4. The lowest BCUT2D eigenvalue weighted by Gasteiger charge is -2.03. The molecule has 0 aliphatic heterocycles. The highest BCUT2D eigenvalue weighted by atomic mass is 79.9. The largest absolute Gasteiger partial charge is 0.375 e. The third-order valence-electron chi connectivity index (χ3n) is 2.88. The highest BCUT2D eigenvalue weighted by Gasteiger charge is 2.03. The van der Waals surface area contributed by atoms with Gasteiger partial charge in [0.15, 0.2) is 5.13 Å². The van der Waals surface area contributed by atoms with E-state index in [-0.39, 0.29) is 0 Å². The molecule has 2 N–H and O–H groups in total. The SMILES string of the molecule is Nc1nc(-c2ccc(-c3ccc(Br)cc3)cc2)cs1. The van der Waals surface area contributed by atoms with Crippen LogP contribution in [0, 0.1) is 0 Å². The van der Waals surface area contributed by atoms with Gasteiger partial charge in [0.1, 0.15) is 0 Å². The summed E-state index contributed by atoms with van der Waals surface area (Å²) in [7, 11) is 0. The second-order valence-electron chi connectivity index (χ2n) is 4.16. The molecule has 0 aliphatic rings. The normalized spacial score (nSPS) is 10.6. The Morgan fingerprint density at radius 1 is 0.842 bits per heavy atom. The molecule has 0 radical (unpaired) electrons. The van der Waals surface area contributed by atoms with Crippen LogP contribution in [0.15, 0.2) is 58.4 Å². The van der Waals surface area contributed by atoms with Crippen LogP contribution in [0.4, 0.5) is 5.13 Å². The summed E-state index contributed by atoms with van der Waals surface area (Å²) in [5.74, 6) is 0. The van der Waals surface area contributed by atoms with Gasteiger partial charge in [0.25, 0.3) is 0 Å². The molecular formula is C15H11BrN2S. The summed E-state index contributed by atoms with van der Waals surface area (Å²) in [6, 6.07) is 16.6. The van der Waals surface area contributed by atoms with Crippen LogP contribution in [0.3, 0.4) is 0 Å². The Kier molecular flexibility index (Phi) is 3.36. The van der Waals surface area contributed by atoms with Crippen molar-refractivity contribution in [3.63, 3.8) is 0 Å². The monoisotopic (exact) mass is 330 g/mol. The van der Waals surface area contributed by atoms with Crippen LogP contribution in [0.25, 0.3) is 22.4 Å². The number of hydrogen-bond acceptors (Lipinski definition) is 3. The molecule has 0 bridgehead atoms. The molecule has 0 spiro atoms. The zero-order chi connectivity index (χ0) is 13.2. The van der Waals surface area contributed by atoms with Crippen molar-refractivity contribution >= 4 is 32.4 Å². The topological polar surface area (TPSA) is 38.9 Å². The van der Waals surface area contributed by atoms with Gasteiger partial charge in [0, 0.05) is 15.4 Å². The van der Waals surface area contributed by atoms with E-state index in [1.807, 2.05) is 17.5 Å². The Bertz CT molecular complexity index is 687. The molecule has 2 aromatic carbocycles. The van der Waals surface area contributed by atoms with Crippen molar-refractivity contribution in [1.82, 2.24) is 4.98 Å². The molecule has 3 aromatic rings. The minimum atomic E-state index is 0.604. The second kappa shape index (κ2) is 5.15. The van der Waals surface area contributed by atoms with Crippen LogP contribution in [0.2, 0.25) is 0 Å². The van der Waals surface area contributed by atoms with Crippen molar-refractivity contribution in [2.45, 2.75) is 0 Å². The van der Waals surface area contributed by atoms with Gasteiger partial charge in [-0.05, 0) is 23.3 Å². The number of nitrogen functional groups attached to an aromatic ring is 1. The maximum Gasteiger partial charge on any atom is 0.180 e. The minimum absolute atomic E-state index is 0.604. The number of aromatic nitrogens is 1. The van der Waals surface area contributed by atoms with E-state index >= 15 is 0 Å². The van der Waals surface area contributed by atoms with E-state index in [2.05, 4.69) is 57.3 Å². The third kappa shape index (κ3) is 2.69. The molecule has 3 rings (SSSR count). The van der Waals surface area contributed by atoms with Gasteiger partial charge in [0.05, 0.1) is 5.69 Å². The van der Waals surface area contributed by atoms with E-state index in [1.165, 1.54) is 22.5 Å². The maximum absolute atomic E-state index is 5.65. The van der Waals surface area contributed by atoms with Crippen molar-refractivity contribution in [2.75, 3.05) is 5.73 Å². The van der Waals surface area contributed by atoms with Crippen molar-refractivity contribution in [1.29, 1.82) is 0 Å². The number of benzene rings is 2. The van der Waals surface area contributed by atoms with Gasteiger partial charge in [-0.15, -0.1) is 11.3 Å². The molecule has 2 nitrogen and oxygen atoms in total. The maximum atomic E-state index is 5.65. The molecule has 0 amide bonds. The van der Waals surface area contributed by atoms with E-state index < -0.39 is 0 Å². The molecule has 0 saturated carbocycles. The van der Waals surface area contributed by atoms with Crippen molar-refractivity contribution < 1.29 is 0 Å². The van der Waals surface area contributed by atoms with Gasteiger partial charge < -0.3 is 5.73 Å². The van der Waals surface area contributed by atoms with E-state index in [0.29, 0.717) is 5.13 Å². The van der Waals surface area contributed by atoms with E-state index in [1.54, 1.807) is 0 Å². The Labute approximate surface area is 124 Å². The van der Waals surface area contributed by atoms with E-state index in [4.69, 9.17) is 5.73 Å². The van der Waals surface area contributed by atoms with Gasteiger partial charge in [-0.1, -0.05) is 52.3 Å². The average Bonchev–Trinajstić information content (AvgIpc) is 2.87. The first-order valence-electron chi connectivity index (χ1n) is 5.80. The molecule has 4 heteroatoms. The van der Waals surface area contributed by atoms with Crippen molar-refractivity contribution in [3.8, 4) is 22.4 Å². The number of thiazole rings is 1. The van der Waals surface area contributed by atoms with Gasteiger partial charge in [0.2, 0.25) is 0 Å². The van der Waals surface area contributed by atoms with Crippen molar-refractivity contribution in [3.05, 3.63) is 58.4 Å². The first kappa shape index (κ1) is 12.4. The van der Waals surface area contributed by atoms with Gasteiger partial charge in [-0.3, -0.25) is 0 Å².